The van der Waals surface area contributed by atoms with Gasteiger partial charge in [0.1, 0.15) is 11.5 Å². The fourth-order valence-corrected chi connectivity index (χ4v) is 4.17. The first-order chi connectivity index (χ1) is 16.8. The quantitative estimate of drug-likeness (QED) is 0.434. The molecule has 1 aromatic heterocycles. The van der Waals surface area contributed by atoms with Crippen LogP contribution in [0.25, 0.3) is 5.69 Å². The first kappa shape index (κ1) is 25.7. The number of rotatable bonds is 4. The Morgan fingerprint density at radius 2 is 1.75 bits per heavy atom. The summed E-state index contributed by atoms with van der Waals surface area (Å²) >= 11 is 3.09. The van der Waals surface area contributed by atoms with Crippen LogP contribution in [0.4, 0.5) is 36.4 Å². The number of benzene rings is 2. The van der Waals surface area contributed by atoms with Crippen molar-refractivity contribution in [3.05, 3.63) is 75.3 Å². The molecule has 0 bridgehead atoms. The van der Waals surface area contributed by atoms with E-state index in [1.807, 2.05) is 0 Å². The monoisotopic (exact) mass is 578 g/mol. The topological polar surface area (TPSA) is 67.2 Å². The fraction of sp³-hybridized carbons (Fsp3) is 0.227. The number of hydrogen-bond donors (Lipinski definition) is 1. The van der Waals surface area contributed by atoms with Gasteiger partial charge in [0.25, 0.3) is 5.91 Å². The van der Waals surface area contributed by atoms with Crippen molar-refractivity contribution in [1.82, 2.24) is 15.1 Å². The molecule has 2 aromatic carbocycles. The van der Waals surface area contributed by atoms with E-state index < -0.39 is 53.5 Å². The highest BCUT2D eigenvalue weighted by molar-refractivity contribution is 9.10. The predicted octanol–water partition coefficient (Wildman–Crippen LogP) is 5.17. The minimum atomic E-state index is -5.17. The number of hydrogen-bond acceptors (Lipinski definition) is 3. The van der Waals surface area contributed by atoms with Crippen molar-refractivity contribution in [2.45, 2.75) is 25.3 Å². The lowest BCUT2D eigenvalue weighted by Gasteiger charge is -2.28. The number of anilines is 1. The van der Waals surface area contributed by atoms with Gasteiger partial charge < -0.3 is 10.2 Å². The van der Waals surface area contributed by atoms with Crippen molar-refractivity contribution >= 4 is 33.4 Å². The smallest absolute Gasteiger partial charge is 0.344 e. The Kier molecular flexibility index (Phi) is 6.58. The fourth-order valence-electron chi connectivity index (χ4n) is 3.83. The molecule has 1 aliphatic rings. The van der Waals surface area contributed by atoms with Crippen LogP contribution in [-0.2, 0) is 23.9 Å². The second-order valence-electron chi connectivity index (χ2n) is 7.70. The number of alkyl halides is 6. The highest BCUT2D eigenvalue weighted by atomic mass is 79.9. The van der Waals surface area contributed by atoms with Crippen molar-refractivity contribution in [1.29, 1.82) is 0 Å². The molecule has 6 nitrogen and oxygen atoms in total. The average Bonchev–Trinajstić information content (AvgIpc) is 3.19. The Bertz CT molecular complexity index is 1350. The minimum Gasteiger partial charge on any atom is -0.344 e. The zero-order valence-corrected chi connectivity index (χ0v) is 19.4. The normalized spacial score (nSPS) is 14.1. The molecule has 1 N–H and O–H groups in total. The second-order valence-corrected chi connectivity index (χ2v) is 8.61. The van der Waals surface area contributed by atoms with Gasteiger partial charge in [0.05, 0.1) is 11.4 Å². The summed E-state index contributed by atoms with van der Waals surface area (Å²) in [5, 5.41) is 5.24. The highest BCUT2D eigenvalue weighted by Gasteiger charge is 2.44. The lowest BCUT2D eigenvalue weighted by atomic mass is 10.0. The molecule has 0 radical (unpaired) electrons. The molecule has 190 valence electrons. The van der Waals surface area contributed by atoms with Crippen LogP contribution in [0.15, 0.2) is 46.9 Å². The second kappa shape index (κ2) is 9.22. The Hall–Kier alpha value is -3.42. The van der Waals surface area contributed by atoms with E-state index in [2.05, 4.69) is 21.0 Å². The summed E-state index contributed by atoms with van der Waals surface area (Å²) in [6, 6.07) is 9.12. The summed E-state index contributed by atoms with van der Waals surface area (Å²) in [6.07, 6.45) is -10.4. The van der Waals surface area contributed by atoms with Gasteiger partial charge in [-0.25, -0.2) is 9.07 Å². The van der Waals surface area contributed by atoms with Crippen LogP contribution in [0.3, 0.4) is 0 Å². The van der Waals surface area contributed by atoms with Gasteiger partial charge in [0, 0.05) is 23.1 Å². The summed E-state index contributed by atoms with van der Waals surface area (Å²) in [6.45, 7) is -0.966. The van der Waals surface area contributed by atoms with Gasteiger partial charge in [-0.15, -0.1) is 0 Å². The molecule has 0 saturated heterocycles. The zero-order chi connectivity index (χ0) is 26.4. The van der Waals surface area contributed by atoms with Crippen LogP contribution in [0.1, 0.15) is 27.3 Å². The summed E-state index contributed by atoms with van der Waals surface area (Å²) in [5.74, 6) is -4.02. The van der Waals surface area contributed by atoms with Gasteiger partial charge in [-0.05, 0) is 36.2 Å². The van der Waals surface area contributed by atoms with Crippen LogP contribution in [0.2, 0.25) is 0 Å². The van der Waals surface area contributed by atoms with Crippen molar-refractivity contribution in [2.75, 3.05) is 11.4 Å². The lowest BCUT2D eigenvalue weighted by molar-refractivity contribution is -0.173. The predicted molar refractivity (Wildman–Crippen MR) is 116 cm³/mol. The van der Waals surface area contributed by atoms with E-state index in [4.69, 9.17) is 0 Å². The Labute approximate surface area is 206 Å². The Morgan fingerprint density at radius 3 is 2.39 bits per heavy atom. The van der Waals surface area contributed by atoms with Gasteiger partial charge in [0.15, 0.2) is 5.69 Å². The standard InChI is InChI=1S/C22H14BrF7N4O2/c23-12-5-6-16(14(24)9-12)33-8-7-13-17(19(33)35)34(32-18(13)21(25,26)27)15-4-2-1-3-11(15)10-31-20(36)22(28,29)30/h1-6,9H,7-8,10H2,(H,31,36). The molecular formula is C22H14BrF7N4O2. The molecule has 0 unspecified atom stereocenters. The summed E-state index contributed by atoms with van der Waals surface area (Å²) in [7, 11) is 0. The molecule has 36 heavy (non-hydrogen) atoms. The van der Waals surface area contributed by atoms with E-state index >= 15 is 0 Å². The van der Waals surface area contributed by atoms with Crippen molar-refractivity contribution in [2.24, 2.45) is 0 Å². The molecule has 14 heteroatoms. The molecule has 0 fully saturated rings. The van der Waals surface area contributed by atoms with Gasteiger partial charge in [-0.3, -0.25) is 9.59 Å². The van der Waals surface area contributed by atoms with E-state index in [1.165, 1.54) is 36.4 Å². The average molecular weight is 579 g/mol. The maximum atomic E-state index is 14.6. The number of para-hydroxylation sites is 1. The van der Waals surface area contributed by atoms with Crippen molar-refractivity contribution < 1.29 is 40.3 Å². The maximum Gasteiger partial charge on any atom is 0.471 e. The molecule has 0 atom stereocenters. The van der Waals surface area contributed by atoms with E-state index in [1.54, 1.807) is 5.32 Å². The summed E-state index contributed by atoms with van der Waals surface area (Å²) < 4.78 is 94.9. The van der Waals surface area contributed by atoms with Crippen molar-refractivity contribution in [3.8, 4) is 5.69 Å². The number of aromatic nitrogens is 2. The largest absolute Gasteiger partial charge is 0.471 e. The molecule has 0 aliphatic carbocycles. The third-order valence-electron chi connectivity index (χ3n) is 5.40. The van der Waals surface area contributed by atoms with E-state index in [0.717, 1.165) is 11.0 Å². The number of nitrogens with zero attached hydrogens (tertiary/aromatic N) is 3. The summed E-state index contributed by atoms with van der Waals surface area (Å²) in [4.78, 5) is 25.6. The number of halogens is 8. The van der Waals surface area contributed by atoms with Gasteiger partial charge in [-0.2, -0.15) is 31.4 Å². The Balaban J connectivity index is 1.83. The zero-order valence-electron chi connectivity index (χ0n) is 17.8. The first-order valence-electron chi connectivity index (χ1n) is 10.2. The van der Waals surface area contributed by atoms with Crippen LogP contribution >= 0.6 is 15.9 Å². The van der Waals surface area contributed by atoms with Crippen LogP contribution < -0.4 is 10.2 Å². The van der Waals surface area contributed by atoms with Gasteiger partial charge in [-0.1, -0.05) is 34.1 Å². The number of fused-ring (bicyclic) bond motifs is 1. The number of carbonyl (C=O) groups excluding carboxylic acids is 2. The van der Waals surface area contributed by atoms with Gasteiger partial charge >= 0.3 is 18.3 Å². The molecule has 1 aliphatic heterocycles. The third kappa shape index (κ3) is 4.81. The third-order valence-corrected chi connectivity index (χ3v) is 5.90. The SMILES string of the molecule is O=C1c2c(c(C(F)(F)F)nn2-c2ccccc2CNC(=O)C(F)(F)F)CCN1c1ccc(Br)cc1F. The molecule has 2 amide bonds. The molecule has 0 saturated carbocycles. The minimum absolute atomic E-state index is 0.0335. The van der Waals surface area contributed by atoms with Gasteiger partial charge in [0.2, 0.25) is 0 Å². The molecule has 0 spiro atoms. The molecule has 2 heterocycles. The Morgan fingerprint density at radius 1 is 1.06 bits per heavy atom. The lowest BCUT2D eigenvalue weighted by Crippen LogP contribution is -2.39. The maximum absolute atomic E-state index is 14.6. The van der Waals surface area contributed by atoms with E-state index in [0.29, 0.717) is 9.15 Å². The number of nitrogens with one attached hydrogen (secondary N) is 1. The van der Waals surface area contributed by atoms with Crippen LogP contribution in [0.5, 0.6) is 0 Å². The number of amides is 2. The van der Waals surface area contributed by atoms with Crippen LogP contribution in [-0.4, -0.2) is 34.3 Å². The number of carbonyl (C=O) groups is 2. The summed E-state index contributed by atoms with van der Waals surface area (Å²) in [5.41, 5.74) is -2.62. The highest BCUT2D eigenvalue weighted by Crippen LogP contribution is 2.38. The van der Waals surface area contributed by atoms with E-state index in [9.17, 15) is 40.3 Å². The van der Waals surface area contributed by atoms with E-state index in [-0.39, 0.29) is 29.9 Å². The molecule has 3 aromatic rings. The van der Waals surface area contributed by atoms with Crippen molar-refractivity contribution in [3.63, 3.8) is 0 Å². The van der Waals surface area contributed by atoms with Crippen LogP contribution in [0, 0.1) is 5.82 Å². The molecule has 4 rings (SSSR count). The first-order valence-corrected chi connectivity index (χ1v) is 11.0. The molecular weight excluding hydrogens is 565 g/mol.